The Morgan fingerprint density at radius 2 is 1.80 bits per heavy atom. The molecule has 10 heavy (non-hydrogen) atoms. The SMILES string of the molecule is CC(=O)CNC(C)C.Cl.Cl. The molecule has 0 rings (SSSR count). The average molecular weight is 188 g/mol. The van der Waals surface area contributed by atoms with Gasteiger partial charge >= 0.3 is 0 Å². The molecule has 2 nitrogen and oxygen atoms in total. The maximum atomic E-state index is 10.3. The van der Waals surface area contributed by atoms with Gasteiger partial charge in [0.15, 0.2) is 0 Å². The molecule has 0 spiro atoms. The molecular weight excluding hydrogens is 173 g/mol. The van der Waals surface area contributed by atoms with E-state index in [1.54, 1.807) is 6.92 Å². The highest BCUT2D eigenvalue weighted by atomic mass is 35.5. The van der Waals surface area contributed by atoms with Gasteiger partial charge in [-0.15, -0.1) is 24.8 Å². The topological polar surface area (TPSA) is 29.1 Å². The van der Waals surface area contributed by atoms with Crippen LogP contribution in [0.2, 0.25) is 0 Å². The number of hydrogen-bond donors (Lipinski definition) is 1. The van der Waals surface area contributed by atoms with Crippen LogP contribution in [-0.2, 0) is 4.79 Å². The van der Waals surface area contributed by atoms with E-state index in [2.05, 4.69) is 5.32 Å². The molecule has 0 aromatic rings. The lowest BCUT2D eigenvalue weighted by Gasteiger charge is -2.03. The van der Waals surface area contributed by atoms with Gasteiger partial charge in [-0.3, -0.25) is 4.79 Å². The summed E-state index contributed by atoms with van der Waals surface area (Å²) < 4.78 is 0. The van der Waals surface area contributed by atoms with Gasteiger partial charge in [-0.25, -0.2) is 0 Å². The van der Waals surface area contributed by atoms with E-state index in [0.29, 0.717) is 12.6 Å². The first-order valence-corrected chi connectivity index (χ1v) is 2.85. The minimum Gasteiger partial charge on any atom is -0.308 e. The van der Waals surface area contributed by atoms with Crippen molar-refractivity contribution in [2.24, 2.45) is 0 Å². The lowest BCUT2D eigenvalue weighted by atomic mass is 10.3. The van der Waals surface area contributed by atoms with Crippen LogP contribution >= 0.6 is 24.8 Å². The van der Waals surface area contributed by atoms with Crippen molar-refractivity contribution in [1.29, 1.82) is 0 Å². The van der Waals surface area contributed by atoms with Crippen molar-refractivity contribution in [3.63, 3.8) is 0 Å². The maximum Gasteiger partial charge on any atom is 0.143 e. The summed E-state index contributed by atoms with van der Waals surface area (Å²) in [5.74, 6) is 0.193. The molecule has 0 aromatic heterocycles. The quantitative estimate of drug-likeness (QED) is 0.725. The first-order valence-electron chi connectivity index (χ1n) is 2.85. The zero-order chi connectivity index (χ0) is 6.57. The summed E-state index contributed by atoms with van der Waals surface area (Å²) in [4.78, 5) is 10.3. The van der Waals surface area contributed by atoms with E-state index in [4.69, 9.17) is 0 Å². The second-order valence-corrected chi connectivity index (χ2v) is 2.24. The third-order valence-corrected chi connectivity index (χ3v) is 0.759. The van der Waals surface area contributed by atoms with Crippen LogP contribution in [0.3, 0.4) is 0 Å². The molecule has 0 amide bonds. The van der Waals surface area contributed by atoms with Gasteiger partial charge in [0.1, 0.15) is 5.78 Å². The molecule has 0 aliphatic rings. The Kier molecular flexibility index (Phi) is 15.3. The Labute approximate surface area is 74.6 Å². The number of hydrogen-bond acceptors (Lipinski definition) is 2. The van der Waals surface area contributed by atoms with Crippen LogP contribution in [0.25, 0.3) is 0 Å². The predicted molar refractivity (Wildman–Crippen MR) is 48.3 cm³/mol. The molecule has 0 aliphatic heterocycles. The van der Waals surface area contributed by atoms with E-state index in [1.807, 2.05) is 13.8 Å². The van der Waals surface area contributed by atoms with Crippen LogP contribution in [0.4, 0.5) is 0 Å². The second-order valence-electron chi connectivity index (χ2n) is 2.24. The second kappa shape index (κ2) is 9.21. The van der Waals surface area contributed by atoms with Crippen LogP contribution in [0.5, 0.6) is 0 Å². The molecule has 0 saturated carbocycles. The van der Waals surface area contributed by atoms with Gasteiger partial charge in [0.2, 0.25) is 0 Å². The Morgan fingerprint density at radius 1 is 1.40 bits per heavy atom. The van der Waals surface area contributed by atoms with Crippen molar-refractivity contribution in [2.45, 2.75) is 26.8 Å². The molecule has 0 aliphatic carbocycles. The number of rotatable bonds is 3. The van der Waals surface area contributed by atoms with E-state index in [9.17, 15) is 4.79 Å². The fourth-order valence-corrected chi connectivity index (χ4v) is 0.348. The number of carbonyl (C=O) groups excluding carboxylic acids is 1. The van der Waals surface area contributed by atoms with Crippen LogP contribution in [0.1, 0.15) is 20.8 Å². The summed E-state index contributed by atoms with van der Waals surface area (Å²) >= 11 is 0. The van der Waals surface area contributed by atoms with E-state index in [0.717, 1.165) is 0 Å². The van der Waals surface area contributed by atoms with Gasteiger partial charge in [-0.2, -0.15) is 0 Å². The van der Waals surface area contributed by atoms with Gasteiger partial charge in [-0.1, -0.05) is 13.8 Å². The van der Waals surface area contributed by atoms with Gasteiger partial charge in [0.25, 0.3) is 0 Å². The zero-order valence-electron chi connectivity index (χ0n) is 6.51. The minimum atomic E-state index is 0. The number of halogens is 2. The van der Waals surface area contributed by atoms with Crippen molar-refractivity contribution >= 4 is 30.6 Å². The van der Waals surface area contributed by atoms with Crippen LogP contribution in [0, 0.1) is 0 Å². The molecule has 4 heteroatoms. The highest BCUT2D eigenvalue weighted by Gasteiger charge is 1.92. The molecule has 1 N–H and O–H groups in total. The van der Waals surface area contributed by atoms with Crippen LogP contribution in [-0.4, -0.2) is 18.4 Å². The lowest BCUT2D eigenvalue weighted by molar-refractivity contribution is -0.116. The summed E-state index contributed by atoms with van der Waals surface area (Å²) in [5.41, 5.74) is 0. The number of nitrogens with one attached hydrogen (secondary N) is 1. The van der Waals surface area contributed by atoms with Crippen molar-refractivity contribution in [2.75, 3.05) is 6.54 Å². The number of ketones is 1. The summed E-state index contributed by atoms with van der Waals surface area (Å²) in [6.07, 6.45) is 0. The molecule has 0 aromatic carbocycles. The normalized spacial score (nSPS) is 8.00. The molecule has 64 valence electrons. The highest BCUT2D eigenvalue weighted by Crippen LogP contribution is 1.74. The molecule has 0 heterocycles. The van der Waals surface area contributed by atoms with Crippen molar-refractivity contribution < 1.29 is 4.79 Å². The average Bonchev–Trinajstić information content (AvgIpc) is 1.61. The molecule has 0 radical (unpaired) electrons. The van der Waals surface area contributed by atoms with Gasteiger partial charge < -0.3 is 5.32 Å². The smallest absolute Gasteiger partial charge is 0.143 e. The van der Waals surface area contributed by atoms with E-state index in [1.165, 1.54) is 0 Å². The Hall–Kier alpha value is 0.210. The summed E-state index contributed by atoms with van der Waals surface area (Å²) in [5, 5.41) is 3.00. The van der Waals surface area contributed by atoms with E-state index in [-0.39, 0.29) is 30.6 Å². The molecule has 0 saturated heterocycles. The predicted octanol–water partition coefficient (Wildman–Crippen LogP) is 1.42. The Bertz CT molecular complexity index is 85.8. The maximum absolute atomic E-state index is 10.3. The van der Waals surface area contributed by atoms with E-state index >= 15 is 0 Å². The fraction of sp³-hybridized carbons (Fsp3) is 0.833. The van der Waals surface area contributed by atoms with Gasteiger partial charge in [0, 0.05) is 6.04 Å². The van der Waals surface area contributed by atoms with E-state index < -0.39 is 0 Å². The van der Waals surface area contributed by atoms with Crippen molar-refractivity contribution in [3.8, 4) is 0 Å². The van der Waals surface area contributed by atoms with Crippen molar-refractivity contribution in [3.05, 3.63) is 0 Å². The fourth-order valence-electron chi connectivity index (χ4n) is 0.348. The minimum absolute atomic E-state index is 0. The summed E-state index contributed by atoms with van der Waals surface area (Å²) in [6, 6.07) is 0.416. The number of Topliss-reactive ketones (excluding diaryl/α,β-unsaturated/α-hetero) is 1. The summed E-state index contributed by atoms with van der Waals surface area (Å²) in [6.45, 7) is 6.11. The Morgan fingerprint density at radius 3 is 1.90 bits per heavy atom. The van der Waals surface area contributed by atoms with Crippen LogP contribution < -0.4 is 5.32 Å². The third-order valence-electron chi connectivity index (χ3n) is 0.759. The highest BCUT2D eigenvalue weighted by molar-refractivity contribution is 5.85. The first kappa shape index (κ1) is 16.7. The zero-order valence-corrected chi connectivity index (χ0v) is 8.14. The van der Waals surface area contributed by atoms with Gasteiger partial charge in [-0.05, 0) is 6.92 Å². The molecule has 0 bridgehead atoms. The van der Waals surface area contributed by atoms with Gasteiger partial charge in [0.05, 0.1) is 6.54 Å². The first-order chi connectivity index (χ1) is 3.63. The third kappa shape index (κ3) is 15.7. The monoisotopic (exact) mass is 187 g/mol. The van der Waals surface area contributed by atoms with Crippen LogP contribution in [0.15, 0.2) is 0 Å². The summed E-state index contributed by atoms with van der Waals surface area (Å²) in [7, 11) is 0. The molecule has 0 fully saturated rings. The Balaban J connectivity index is -0.000000245. The number of carbonyl (C=O) groups is 1. The molecular formula is C6H15Cl2NO. The largest absolute Gasteiger partial charge is 0.308 e. The lowest BCUT2D eigenvalue weighted by Crippen LogP contribution is -2.27. The standard InChI is InChI=1S/C6H13NO.2ClH/c1-5(2)7-4-6(3)8;;/h5,7H,4H2,1-3H3;2*1H. The molecule has 0 atom stereocenters. The van der Waals surface area contributed by atoms with Crippen molar-refractivity contribution in [1.82, 2.24) is 5.32 Å². The molecule has 0 unspecified atom stereocenters.